The van der Waals surface area contributed by atoms with Gasteiger partial charge in [-0.25, -0.2) is 4.98 Å². The fraction of sp³-hybridized carbons (Fsp3) is 0.167. The van der Waals surface area contributed by atoms with Gasteiger partial charge in [0.1, 0.15) is 11.4 Å². The van der Waals surface area contributed by atoms with Crippen molar-refractivity contribution in [3.05, 3.63) is 145 Å². The van der Waals surface area contributed by atoms with Crippen LogP contribution in [0.2, 0.25) is 0 Å². The second kappa shape index (κ2) is 12.7. The Hall–Kier alpha value is -5.71. The number of hydrogen-bond donors (Lipinski definition) is 0. The number of fused-ring (bicyclic) bond motifs is 3. The van der Waals surface area contributed by atoms with Crippen LogP contribution in [0.15, 0.2) is 126 Å². The normalized spacial score (nSPS) is 12.4. The van der Waals surface area contributed by atoms with Crippen LogP contribution in [0.1, 0.15) is 52.7 Å². The summed E-state index contributed by atoms with van der Waals surface area (Å²) >= 11 is 0. The number of benzene rings is 5. The van der Waals surface area contributed by atoms with E-state index in [0.717, 1.165) is 77.5 Å². The zero-order chi connectivity index (χ0) is 36.9. The predicted octanol–water partition coefficient (Wildman–Crippen LogP) is 12.5. The van der Waals surface area contributed by atoms with Gasteiger partial charge in [0.25, 0.3) is 0 Å². The second-order valence-electron chi connectivity index (χ2n) is 16.2. The number of furan rings is 1. The molecule has 0 spiro atoms. The standard InChI is InChI=1S/C48H38N4O2.Pt/c1-47(2,3)29-21-23-49-36(25-29)35-28-41(45-44-43-38(17-12-18-40(43)54-46(35)44)51(45)31-13-8-7-9-14-31)53-32-19-20-34-33-15-10-11-16-37(33)52(39(34)27-32)42-26-30(22-24-50-42)48(4,5)6;/h7-26H,1-6H3;/q-2;+2. The Balaban J connectivity index is 0.00000397. The fourth-order valence-electron chi connectivity index (χ4n) is 7.82. The van der Waals surface area contributed by atoms with Crippen molar-refractivity contribution >= 4 is 54.8 Å². The number of pyridine rings is 2. The fourth-order valence-corrected chi connectivity index (χ4v) is 7.82. The molecule has 0 bridgehead atoms. The van der Waals surface area contributed by atoms with Gasteiger partial charge >= 0.3 is 21.1 Å². The van der Waals surface area contributed by atoms with Crippen LogP contribution < -0.4 is 4.74 Å². The molecule has 0 aliphatic heterocycles. The Labute approximate surface area is 334 Å². The van der Waals surface area contributed by atoms with Gasteiger partial charge in [-0.2, -0.15) is 6.07 Å². The van der Waals surface area contributed by atoms with E-state index in [1.807, 2.05) is 36.7 Å². The molecule has 0 saturated heterocycles. The average molecular weight is 898 g/mol. The largest absolute Gasteiger partial charge is 2.00 e. The third-order valence-corrected chi connectivity index (χ3v) is 10.6. The van der Waals surface area contributed by atoms with Crippen molar-refractivity contribution in [2.24, 2.45) is 0 Å². The Morgan fingerprint density at radius 3 is 2.13 bits per heavy atom. The first-order valence-corrected chi connectivity index (χ1v) is 18.4. The molecule has 0 atom stereocenters. The van der Waals surface area contributed by atoms with Crippen molar-refractivity contribution < 1.29 is 30.2 Å². The number of ether oxygens (including phenoxy) is 1. The monoisotopic (exact) mass is 897 g/mol. The molecule has 0 radical (unpaired) electrons. The first-order chi connectivity index (χ1) is 26.0. The zero-order valence-electron chi connectivity index (χ0n) is 31.5. The molecule has 7 heteroatoms. The summed E-state index contributed by atoms with van der Waals surface area (Å²) in [6, 6.07) is 45.1. The van der Waals surface area contributed by atoms with Gasteiger partial charge in [0.05, 0.1) is 11.3 Å². The Kier molecular flexibility index (Phi) is 8.07. The molecule has 5 heterocycles. The van der Waals surface area contributed by atoms with E-state index in [2.05, 4.69) is 148 Å². The minimum Gasteiger partial charge on any atom is -0.501 e. The Morgan fingerprint density at radius 1 is 0.636 bits per heavy atom. The van der Waals surface area contributed by atoms with Gasteiger partial charge in [0, 0.05) is 45.8 Å². The topological polar surface area (TPSA) is 58.0 Å². The van der Waals surface area contributed by atoms with Gasteiger partial charge in [-0.05, 0) is 87.0 Å². The zero-order valence-corrected chi connectivity index (χ0v) is 33.7. The van der Waals surface area contributed by atoms with Gasteiger partial charge < -0.3 is 23.3 Å². The van der Waals surface area contributed by atoms with Crippen LogP contribution in [0.5, 0.6) is 11.5 Å². The summed E-state index contributed by atoms with van der Waals surface area (Å²) in [6.07, 6.45) is 3.77. The number of para-hydroxylation sites is 2. The molecule has 55 heavy (non-hydrogen) atoms. The third kappa shape index (κ3) is 5.57. The molecular formula is C48H38N4O2Pt. The van der Waals surface area contributed by atoms with E-state index in [1.165, 1.54) is 11.1 Å². The first-order valence-electron chi connectivity index (χ1n) is 18.4. The summed E-state index contributed by atoms with van der Waals surface area (Å²) in [5, 5.41) is 4.23. The van der Waals surface area contributed by atoms with Crippen molar-refractivity contribution in [1.82, 2.24) is 19.1 Å². The molecule has 6 nitrogen and oxygen atoms in total. The Bertz CT molecular complexity index is 3050. The molecular weight excluding hydrogens is 860 g/mol. The van der Waals surface area contributed by atoms with Crippen molar-refractivity contribution in [2.45, 2.75) is 52.4 Å². The van der Waals surface area contributed by atoms with Crippen LogP contribution in [-0.2, 0) is 31.9 Å². The van der Waals surface area contributed by atoms with Crippen LogP contribution >= 0.6 is 0 Å². The third-order valence-electron chi connectivity index (χ3n) is 10.6. The van der Waals surface area contributed by atoms with Crippen LogP contribution in [0.25, 0.3) is 77.5 Å². The van der Waals surface area contributed by atoms with Gasteiger partial charge in [-0.15, -0.1) is 17.5 Å². The molecule has 0 amide bonds. The number of hydrogen-bond acceptors (Lipinski definition) is 4. The Morgan fingerprint density at radius 2 is 1.35 bits per heavy atom. The van der Waals surface area contributed by atoms with Gasteiger partial charge in [-0.3, -0.25) is 0 Å². The van der Waals surface area contributed by atoms with Crippen molar-refractivity contribution in [3.8, 4) is 34.3 Å². The maximum atomic E-state index is 7.05. The first kappa shape index (κ1) is 35.0. The minimum absolute atomic E-state index is 0. The van der Waals surface area contributed by atoms with E-state index in [-0.39, 0.29) is 31.9 Å². The molecule has 0 fully saturated rings. The van der Waals surface area contributed by atoms with Crippen LogP contribution in [0.3, 0.4) is 0 Å². The smallest absolute Gasteiger partial charge is 0.501 e. The number of nitrogens with zero attached hydrogens (tertiary/aromatic N) is 4. The minimum atomic E-state index is -0.0702. The molecule has 0 unspecified atom stereocenters. The number of rotatable bonds is 5. The molecule has 0 N–H and O–H groups in total. The van der Waals surface area contributed by atoms with Crippen LogP contribution in [0.4, 0.5) is 0 Å². The van der Waals surface area contributed by atoms with E-state index in [0.29, 0.717) is 11.5 Å². The molecule has 0 saturated carbocycles. The summed E-state index contributed by atoms with van der Waals surface area (Å²) in [6.45, 7) is 13.3. The summed E-state index contributed by atoms with van der Waals surface area (Å²) < 4.78 is 18.2. The van der Waals surface area contributed by atoms with E-state index in [1.54, 1.807) is 0 Å². The molecule has 5 aromatic carbocycles. The second-order valence-corrected chi connectivity index (χ2v) is 16.2. The van der Waals surface area contributed by atoms with E-state index in [9.17, 15) is 0 Å². The van der Waals surface area contributed by atoms with Crippen molar-refractivity contribution in [1.29, 1.82) is 0 Å². The molecule has 0 aliphatic carbocycles. The SMILES string of the molecule is CC(C)(C)c1ccnc(-c2[c-]c(Oc3[c-]c4c(cc3)c3ccccc3n4-c3cc(C(C)(C)C)ccn3)c3c4c2oc2cccc(c24)n3-c2ccccc2)c1.[Pt+2]. The number of aromatic nitrogens is 4. The summed E-state index contributed by atoms with van der Waals surface area (Å²) in [7, 11) is 0. The van der Waals surface area contributed by atoms with E-state index in [4.69, 9.17) is 19.1 Å². The van der Waals surface area contributed by atoms with Gasteiger partial charge in [-0.1, -0.05) is 107 Å². The molecule has 10 rings (SSSR count). The van der Waals surface area contributed by atoms with E-state index < -0.39 is 0 Å². The average Bonchev–Trinajstić information content (AvgIpc) is 3.84. The van der Waals surface area contributed by atoms with Crippen molar-refractivity contribution in [3.63, 3.8) is 0 Å². The summed E-state index contributed by atoms with van der Waals surface area (Å²) in [5.74, 6) is 1.97. The quantitative estimate of drug-likeness (QED) is 0.162. The molecule has 272 valence electrons. The van der Waals surface area contributed by atoms with Crippen LogP contribution in [-0.4, -0.2) is 19.1 Å². The van der Waals surface area contributed by atoms with Crippen molar-refractivity contribution in [2.75, 3.05) is 0 Å². The summed E-state index contributed by atoms with van der Waals surface area (Å²) in [4.78, 5) is 9.75. The maximum Gasteiger partial charge on any atom is 2.00 e. The predicted molar refractivity (Wildman–Crippen MR) is 219 cm³/mol. The summed E-state index contributed by atoms with van der Waals surface area (Å²) in [5.41, 5.74) is 10.2. The maximum absolute atomic E-state index is 7.05. The molecule has 10 aromatic rings. The van der Waals surface area contributed by atoms with Gasteiger partial charge in [0.15, 0.2) is 0 Å². The van der Waals surface area contributed by atoms with Gasteiger partial charge in [0.2, 0.25) is 0 Å². The molecule has 0 aliphatic rings. The van der Waals surface area contributed by atoms with Crippen LogP contribution in [0, 0.1) is 12.1 Å². The van der Waals surface area contributed by atoms with E-state index >= 15 is 0 Å². The molecule has 5 aromatic heterocycles.